The molecule has 4 rings (SSSR count). The lowest BCUT2D eigenvalue weighted by atomic mass is 10.0. The highest BCUT2D eigenvalue weighted by Crippen LogP contribution is 2.36. The van der Waals surface area contributed by atoms with Crippen LogP contribution in [0, 0.1) is 0 Å². The molecule has 6 nitrogen and oxygen atoms in total. The summed E-state index contributed by atoms with van der Waals surface area (Å²) >= 11 is 0. The van der Waals surface area contributed by atoms with E-state index < -0.39 is 10.0 Å². The minimum atomic E-state index is -3.63. The molecule has 7 heteroatoms. The van der Waals surface area contributed by atoms with Crippen molar-refractivity contribution in [3.05, 3.63) is 89.0 Å². The Hall–Kier alpha value is -3.29. The van der Waals surface area contributed by atoms with E-state index in [1.807, 2.05) is 18.2 Å². The summed E-state index contributed by atoms with van der Waals surface area (Å²) in [5.74, 6) is -0.476. The predicted molar refractivity (Wildman–Crippen MR) is 114 cm³/mol. The molecule has 0 bridgehead atoms. The SMILES string of the molecule is CN(C)S(=O)(=O)c1ccccc1CNC(=O)c1ccc2c(c1)C(=O)c1ccccc1-2. The minimum Gasteiger partial charge on any atom is -0.348 e. The second kappa shape index (κ2) is 7.51. The van der Waals surface area contributed by atoms with Crippen molar-refractivity contribution in [2.24, 2.45) is 0 Å². The van der Waals surface area contributed by atoms with Crippen LogP contribution in [-0.2, 0) is 16.6 Å². The van der Waals surface area contributed by atoms with Crippen molar-refractivity contribution in [3.8, 4) is 11.1 Å². The van der Waals surface area contributed by atoms with Gasteiger partial charge >= 0.3 is 0 Å². The maximum atomic E-state index is 12.7. The van der Waals surface area contributed by atoms with Gasteiger partial charge in [0.2, 0.25) is 10.0 Å². The van der Waals surface area contributed by atoms with Crippen LogP contribution in [0.3, 0.4) is 0 Å². The molecule has 0 heterocycles. The van der Waals surface area contributed by atoms with Gasteiger partial charge in [0.05, 0.1) is 4.90 Å². The third-order valence-electron chi connectivity index (χ3n) is 5.16. The molecule has 152 valence electrons. The van der Waals surface area contributed by atoms with Gasteiger partial charge in [-0.1, -0.05) is 48.5 Å². The maximum absolute atomic E-state index is 12.7. The lowest BCUT2D eigenvalue weighted by molar-refractivity contribution is 0.0950. The highest BCUT2D eigenvalue weighted by atomic mass is 32.2. The minimum absolute atomic E-state index is 0.0489. The Bertz CT molecular complexity index is 1280. The fourth-order valence-electron chi connectivity index (χ4n) is 3.55. The molecule has 0 atom stereocenters. The zero-order chi connectivity index (χ0) is 21.5. The Morgan fingerprint density at radius 3 is 2.23 bits per heavy atom. The van der Waals surface area contributed by atoms with Crippen LogP contribution in [0.15, 0.2) is 71.6 Å². The van der Waals surface area contributed by atoms with Crippen LogP contribution in [0.25, 0.3) is 11.1 Å². The summed E-state index contributed by atoms with van der Waals surface area (Å²) in [5.41, 5.74) is 3.65. The van der Waals surface area contributed by atoms with E-state index in [9.17, 15) is 18.0 Å². The standard InChI is InChI=1S/C23H20N2O4S/c1-25(2)30(28,29)21-10-6-3-7-16(21)14-24-23(27)15-11-12-18-17-8-4-5-9-19(17)22(26)20(18)13-15/h3-13H,14H2,1-2H3,(H,24,27). The van der Waals surface area contributed by atoms with Gasteiger partial charge in [-0.15, -0.1) is 0 Å². The molecular formula is C23H20N2O4S. The first kappa shape index (κ1) is 20.0. The second-order valence-electron chi connectivity index (χ2n) is 7.21. The summed E-state index contributed by atoms with van der Waals surface area (Å²) in [7, 11) is -0.704. The van der Waals surface area contributed by atoms with Crippen molar-refractivity contribution < 1.29 is 18.0 Å². The lowest BCUT2D eigenvalue weighted by Gasteiger charge is -2.15. The van der Waals surface area contributed by atoms with Gasteiger partial charge in [-0.05, 0) is 34.9 Å². The van der Waals surface area contributed by atoms with E-state index in [0.29, 0.717) is 22.3 Å². The van der Waals surface area contributed by atoms with E-state index in [1.54, 1.807) is 42.5 Å². The summed E-state index contributed by atoms with van der Waals surface area (Å²) in [6.45, 7) is 0.0489. The highest BCUT2D eigenvalue weighted by Gasteiger charge is 2.27. The number of hydrogen-bond donors (Lipinski definition) is 1. The van der Waals surface area contributed by atoms with Crippen molar-refractivity contribution in [1.29, 1.82) is 0 Å². The van der Waals surface area contributed by atoms with Crippen molar-refractivity contribution in [2.45, 2.75) is 11.4 Å². The molecule has 0 spiro atoms. The summed E-state index contributed by atoms with van der Waals surface area (Å²) in [5, 5.41) is 2.76. The van der Waals surface area contributed by atoms with E-state index in [1.165, 1.54) is 20.2 Å². The van der Waals surface area contributed by atoms with Gasteiger partial charge in [-0.25, -0.2) is 12.7 Å². The summed E-state index contributed by atoms with van der Waals surface area (Å²) in [6.07, 6.45) is 0. The molecular weight excluding hydrogens is 400 g/mol. The highest BCUT2D eigenvalue weighted by molar-refractivity contribution is 7.89. The molecule has 1 aliphatic rings. The largest absolute Gasteiger partial charge is 0.348 e. The Kier molecular flexibility index (Phi) is 5.01. The number of sulfonamides is 1. The number of rotatable bonds is 5. The fraction of sp³-hybridized carbons (Fsp3) is 0.130. The van der Waals surface area contributed by atoms with Crippen LogP contribution in [0.1, 0.15) is 31.8 Å². The molecule has 1 N–H and O–H groups in total. The van der Waals surface area contributed by atoms with Gasteiger partial charge in [-0.3, -0.25) is 9.59 Å². The number of nitrogens with zero attached hydrogens (tertiary/aromatic N) is 1. The van der Waals surface area contributed by atoms with Gasteiger partial charge in [0, 0.05) is 37.3 Å². The van der Waals surface area contributed by atoms with Gasteiger partial charge < -0.3 is 5.32 Å². The number of carbonyl (C=O) groups excluding carboxylic acids is 2. The molecule has 0 radical (unpaired) electrons. The summed E-state index contributed by atoms with van der Waals surface area (Å²) in [6, 6.07) is 18.9. The molecule has 1 aliphatic carbocycles. The average molecular weight is 420 g/mol. The van der Waals surface area contributed by atoms with Crippen molar-refractivity contribution in [1.82, 2.24) is 9.62 Å². The number of carbonyl (C=O) groups is 2. The Morgan fingerprint density at radius 2 is 1.50 bits per heavy atom. The van der Waals surface area contributed by atoms with E-state index in [2.05, 4.69) is 5.32 Å². The lowest BCUT2D eigenvalue weighted by Crippen LogP contribution is -2.27. The van der Waals surface area contributed by atoms with Crippen molar-refractivity contribution >= 4 is 21.7 Å². The smallest absolute Gasteiger partial charge is 0.251 e. The molecule has 3 aromatic rings. The quantitative estimate of drug-likeness (QED) is 0.538. The number of nitrogens with one attached hydrogen (secondary N) is 1. The van der Waals surface area contributed by atoms with Gasteiger partial charge in [0.15, 0.2) is 5.78 Å². The molecule has 0 unspecified atom stereocenters. The van der Waals surface area contributed by atoms with Crippen LogP contribution in [0.5, 0.6) is 0 Å². The molecule has 3 aromatic carbocycles. The number of hydrogen-bond acceptors (Lipinski definition) is 4. The average Bonchev–Trinajstić information content (AvgIpc) is 3.04. The maximum Gasteiger partial charge on any atom is 0.251 e. The predicted octanol–water partition coefficient (Wildman–Crippen LogP) is 3.08. The zero-order valence-corrected chi connectivity index (χ0v) is 17.4. The number of fused-ring (bicyclic) bond motifs is 3. The normalized spacial score (nSPS) is 12.6. The van der Waals surface area contributed by atoms with Crippen molar-refractivity contribution in [3.63, 3.8) is 0 Å². The van der Waals surface area contributed by atoms with E-state index in [-0.39, 0.29) is 23.1 Å². The summed E-state index contributed by atoms with van der Waals surface area (Å²) in [4.78, 5) is 25.5. The molecule has 0 fully saturated rings. The van der Waals surface area contributed by atoms with Crippen molar-refractivity contribution in [2.75, 3.05) is 14.1 Å². The fourth-order valence-corrected chi connectivity index (χ4v) is 4.66. The van der Waals surface area contributed by atoms with Gasteiger partial charge in [0.25, 0.3) is 5.91 Å². The Balaban J connectivity index is 1.57. The first-order chi connectivity index (χ1) is 14.3. The second-order valence-corrected chi connectivity index (χ2v) is 9.33. The van der Waals surface area contributed by atoms with Crippen LogP contribution in [-0.4, -0.2) is 38.5 Å². The van der Waals surface area contributed by atoms with E-state index >= 15 is 0 Å². The van der Waals surface area contributed by atoms with Gasteiger partial charge in [0.1, 0.15) is 0 Å². The number of ketones is 1. The first-order valence-electron chi connectivity index (χ1n) is 9.37. The topological polar surface area (TPSA) is 83.6 Å². The number of benzene rings is 3. The molecule has 30 heavy (non-hydrogen) atoms. The molecule has 0 aliphatic heterocycles. The van der Waals surface area contributed by atoms with Crippen LogP contribution in [0.4, 0.5) is 0 Å². The third-order valence-corrected chi connectivity index (χ3v) is 7.07. The Labute approximate surface area is 175 Å². The molecule has 1 amide bonds. The van der Waals surface area contributed by atoms with Crippen LogP contribution < -0.4 is 5.32 Å². The Morgan fingerprint density at radius 1 is 0.867 bits per heavy atom. The number of amides is 1. The summed E-state index contributed by atoms with van der Waals surface area (Å²) < 4.78 is 26.2. The van der Waals surface area contributed by atoms with E-state index in [0.717, 1.165) is 15.4 Å². The molecule has 0 saturated carbocycles. The van der Waals surface area contributed by atoms with E-state index in [4.69, 9.17) is 0 Å². The molecule has 0 aromatic heterocycles. The molecule has 0 saturated heterocycles. The van der Waals surface area contributed by atoms with Crippen LogP contribution >= 0.6 is 0 Å². The zero-order valence-electron chi connectivity index (χ0n) is 16.5. The van der Waals surface area contributed by atoms with Crippen LogP contribution in [0.2, 0.25) is 0 Å². The third kappa shape index (κ3) is 3.32. The monoisotopic (exact) mass is 420 g/mol. The first-order valence-corrected chi connectivity index (χ1v) is 10.8. The van der Waals surface area contributed by atoms with Gasteiger partial charge in [-0.2, -0.15) is 0 Å².